The second kappa shape index (κ2) is 6.00. The summed E-state index contributed by atoms with van der Waals surface area (Å²) in [5, 5.41) is 6.02. The topological polar surface area (TPSA) is 61.4 Å². The number of rotatable bonds is 4. The third-order valence-corrected chi connectivity index (χ3v) is 3.05. The van der Waals surface area contributed by atoms with Crippen molar-refractivity contribution in [2.45, 2.75) is 39.3 Å². The Labute approximate surface area is 103 Å². The van der Waals surface area contributed by atoms with Crippen LogP contribution in [0.25, 0.3) is 0 Å². The van der Waals surface area contributed by atoms with Crippen molar-refractivity contribution in [2.24, 2.45) is 5.92 Å². The lowest BCUT2D eigenvalue weighted by Gasteiger charge is -2.23. The quantitative estimate of drug-likeness (QED) is 0.726. The van der Waals surface area contributed by atoms with Gasteiger partial charge in [0.2, 0.25) is 11.8 Å². The van der Waals surface area contributed by atoms with Gasteiger partial charge in [0.1, 0.15) is 0 Å². The number of amides is 2. The average molecular weight is 241 g/mol. The Hall–Kier alpha value is -1.10. The van der Waals surface area contributed by atoms with Crippen molar-refractivity contribution < 1.29 is 9.59 Å². The summed E-state index contributed by atoms with van der Waals surface area (Å²) in [6.45, 7) is 6.84. The van der Waals surface area contributed by atoms with Crippen LogP contribution in [0.15, 0.2) is 0 Å². The number of hydrogen-bond acceptors (Lipinski definition) is 3. The van der Waals surface area contributed by atoms with Gasteiger partial charge in [0.05, 0.1) is 12.5 Å². The Morgan fingerprint density at radius 3 is 2.59 bits per heavy atom. The second-order valence-corrected chi connectivity index (χ2v) is 5.05. The van der Waals surface area contributed by atoms with E-state index in [4.69, 9.17) is 0 Å². The van der Waals surface area contributed by atoms with Crippen LogP contribution in [0.2, 0.25) is 0 Å². The second-order valence-electron chi connectivity index (χ2n) is 5.05. The van der Waals surface area contributed by atoms with Crippen LogP contribution in [0.5, 0.6) is 0 Å². The molecule has 1 rings (SSSR count). The van der Waals surface area contributed by atoms with E-state index >= 15 is 0 Å². The molecule has 1 aliphatic heterocycles. The molecule has 0 radical (unpaired) electrons. The SMILES string of the molecule is CC(C)NC(=O)CN(C)C(=O)C1CCNC1C. The highest BCUT2D eigenvalue weighted by Crippen LogP contribution is 2.17. The first-order valence-electron chi connectivity index (χ1n) is 6.19. The van der Waals surface area contributed by atoms with E-state index in [1.807, 2.05) is 20.8 Å². The van der Waals surface area contributed by atoms with Crippen molar-refractivity contribution >= 4 is 11.8 Å². The summed E-state index contributed by atoms with van der Waals surface area (Å²) in [5.41, 5.74) is 0. The summed E-state index contributed by atoms with van der Waals surface area (Å²) < 4.78 is 0. The van der Waals surface area contributed by atoms with Crippen molar-refractivity contribution in [1.82, 2.24) is 15.5 Å². The lowest BCUT2D eigenvalue weighted by Crippen LogP contribution is -2.44. The van der Waals surface area contributed by atoms with Gasteiger partial charge < -0.3 is 15.5 Å². The monoisotopic (exact) mass is 241 g/mol. The maximum Gasteiger partial charge on any atom is 0.239 e. The zero-order chi connectivity index (χ0) is 13.0. The van der Waals surface area contributed by atoms with E-state index in [1.165, 1.54) is 4.90 Å². The van der Waals surface area contributed by atoms with Crippen LogP contribution in [0, 0.1) is 5.92 Å². The lowest BCUT2D eigenvalue weighted by atomic mass is 10.0. The lowest BCUT2D eigenvalue weighted by molar-refractivity contribution is -0.138. The largest absolute Gasteiger partial charge is 0.352 e. The molecule has 5 heteroatoms. The summed E-state index contributed by atoms with van der Waals surface area (Å²) in [6, 6.07) is 0.316. The van der Waals surface area contributed by atoms with E-state index in [9.17, 15) is 9.59 Å². The first-order chi connectivity index (χ1) is 7.91. The van der Waals surface area contributed by atoms with Gasteiger partial charge >= 0.3 is 0 Å². The summed E-state index contributed by atoms with van der Waals surface area (Å²) in [6.07, 6.45) is 0.857. The number of nitrogens with one attached hydrogen (secondary N) is 2. The molecule has 0 spiro atoms. The minimum absolute atomic E-state index is 0.00634. The normalized spacial score (nSPS) is 23.8. The molecule has 2 atom stereocenters. The van der Waals surface area contributed by atoms with E-state index in [1.54, 1.807) is 7.05 Å². The molecule has 0 aliphatic carbocycles. The Kier molecular flexibility index (Phi) is 4.93. The van der Waals surface area contributed by atoms with Gasteiger partial charge in [-0.2, -0.15) is 0 Å². The molecule has 1 fully saturated rings. The van der Waals surface area contributed by atoms with Gasteiger partial charge in [-0.05, 0) is 33.7 Å². The average Bonchev–Trinajstić information content (AvgIpc) is 2.61. The molecule has 2 unspecified atom stereocenters. The van der Waals surface area contributed by atoms with E-state index in [-0.39, 0.29) is 36.4 Å². The third-order valence-electron chi connectivity index (χ3n) is 3.05. The highest BCUT2D eigenvalue weighted by Gasteiger charge is 2.31. The van der Waals surface area contributed by atoms with Crippen LogP contribution in [0.3, 0.4) is 0 Å². The van der Waals surface area contributed by atoms with Gasteiger partial charge in [-0.15, -0.1) is 0 Å². The van der Waals surface area contributed by atoms with Crippen molar-refractivity contribution in [3.63, 3.8) is 0 Å². The van der Waals surface area contributed by atoms with Gasteiger partial charge in [0.15, 0.2) is 0 Å². The molecule has 17 heavy (non-hydrogen) atoms. The van der Waals surface area contributed by atoms with Crippen LogP contribution >= 0.6 is 0 Å². The smallest absolute Gasteiger partial charge is 0.239 e. The molecule has 5 nitrogen and oxygen atoms in total. The predicted molar refractivity (Wildman–Crippen MR) is 66.5 cm³/mol. The van der Waals surface area contributed by atoms with Crippen LogP contribution in [-0.4, -0.2) is 48.9 Å². The molecule has 0 aromatic heterocycles. The maximum atomic E-state index is 12.1. The zero-order valence-electron chi connectivity index (χ0n) is 11.1. The third kappa shape index (κ3) is 4.00. The Morgan fingerprint density at radius 2 is 2.12 bits per heavy atom. The summed E-state index contributed by atoms with van der Waals surface area (Å²) in [7, 11) is 1.69. The molecule has 98 valence electrons. The Balaban J connectivity index is 2.44. The number of carbonyl (C=O) groups excluding carboxylic acids is 2. The highest BCUT2D eigenvalue weighted by atomic mass is 16.2. The van der Waals surface area contributed by atoms with Gasteiger partial charge in [-0.3, -0.25) is 9.59 Å². The van der Waals surface area contributed by atoms with Gasteiger partial charge in [-0.25, -0.2) is 0 Å². The Bertz CT molecular complexity index is 291. The van der Waals surface area contributed by atoms with Gasteiger partial charge in [-0.1, -0.05) is 0 Å². The summed E-state index contributed by atoms with van der Waals surface area (Å²) in [4.78, 5) is 25.1. The molecule has 0 bridgehead atoms. The number of carbonyl (C=O) groups is 2. The molecule has 2 amide bonds. The Morgan fingerprint density at radius 1 is 1.47 bits per heavy atom. The first-order valence-corrected chi connectivity index (χ1v) is 6.19. The van der Waals surface area contributed by atoms with Crippen LogP contribution in [-0.2, 0) is 9.59 Å². The fourth-order valence-electron chi connectivity index (χ4n) is 2.14. The van der Waals surface area contributed by atoms with Crippen molar-refractivity contribution in [1.29, 1.82) is 0 Å². The molecule has 1 heterocycles. The summed E-state index contributed by atoms with van der Waals surface area (Å²) in [5.74, 6) is -0.0392. The van der Waals surface area contributed by atoms with E-state index in [0.717, 1.165) is 13.0 Å². The first kappa shape index (κ1) is 14.0. The summed E-state index contributed by atoms with van der Waals surface area (Å²) >= 11 is 0. The van der Waals surface area contributed by atoms with Crippen molar-refractivity contribution in [3.8, 4) is 0 Å². The minimum Gasteiger partial charge on any atom is -0.352 e. The molecular weight excluding hydrogens is 218 g/mol. The standard InChI is InChI=1S/C12H23N3O2/c1-8(2)14-11(16)7-15(4)12(17)10-5-6-13-9(10)3/h8-10,13H,5-7H2,1-4H3,(H,14,16). The fourth-order valence-corrected chi connectivity index (χ4v) is 2.14. The molecule has 1 saturated heterocycles. The molecule has 0 saturated carbocycles. The number of likely N-dealkylation sites (N-methyl/N-ethyl adjacent to an activating group) is 1. The minimum atomic E-state index is -0.102. The van der Waals surface area contributed by atoms with E-state index < -0.39 is 0 Å². The van der Waals surface area contributed by atoms with Gasteiger partial charge in [0.25, 0.3) is 0 Å². The highest BCUT2D eigenvalue weighted by molar-refractivity contribution is 5.86. The zero-order valence-corrected chi connectivity index (χ0v) is 11.1. The number of nitrogens with zero attached hydrogens (tertiary/aromatic N) is 1. The molecule has 0 aromatic rings. The molecule has 2 N–H and O–H groups in total. The number of hydrogen-bond donors (Lipinski definition) is 2. The molecule has 1 aliphatic rings. The van der Waals surface area contributed by atoms with E-state index in [0.29, 0.717) is 0 Å². The molecular formula is C12H23N3O2. The van der Waals surface area contributed by atoms with Crippen molar-refractivity contribution in [3.05, 3.63) is 0 Å². The predicted octanol–water partition coefficient (Wildman–Crippen LogP) is -0.0326. The van der Waals surface area contributed by atoms with Crippen LogP contribution in [0.4, 0.5) is 0 Å². The fraction of sp³-hybridized carbons (Fsp3) is 0.833. The van der Waals surface area contributed by atoms with Gasteiger partial charge in [0, 0.05) is 19.1 Å². The maximum absolute atomic E-state index is 12.1. The van der Waals surface area contributed by atoms with Crippen molar-refractivity contribution in [2.75, 3.05) is 20.1 Å². The van der Waals surface area contributed by atoms with Crippen LogP contribution < -0.4 is 10.6 Å². The van der Waals surface area contributed by atoms with E-state index in [2.05, 4.69) is 10.6 Å². The van der Waals surface area contributed by atoms with Crippen LogP contribution in [0.1, 0.15) is 27.2 Å². The molecule has 0 aromatic carbocycles.